The molecule has 2 amide bonds. The van der Waals surface area contributed by atoms with Gasteiger partial charge in [-0.1, -0.05) is 115 Å². The van der Waals surface area contributed by atoms with Gasteiger partial charge in [-0.15, -0.1) is 0 Å². The van der Waals surface area contributed by atoms with Crippen molar-refractivity contribution in [3.63, 3.8) is 0 Å². The number of likely N-dealkylation sites (tertiary alicyclic amines) is 1. The van der Waals surface area contributed by atoms with E-state index in [1.165, 1.54) is 0 Å². The van der Waals surface area contributed by atoms with Crippen LogP contribution in [0.3, 0.4) is 0 Å². The van der Waals surface area contributed by atoms with Crippen LogP contribution >= 0.6 is 0 Å². The van der Waals surface area contributed by atoms with E-state index in [9.17, 15) is 29.1 Å². The zero-order valence-electron chi connectivity index (χ0n) is 28.9. The van der Waals surface area contributed by atoms with Gasteiger partial charge in [0.25, 0.3) is 0 Å². The lowest BCUT2D eigenvalue weighted by Crippen LogP contribution is -2.57. The molecule has 4 atom stereocenters. The minimum absolute atomic E-state index is 0.0519. The predicted molar refractivity (Wildman–Crippen MR) is 202 cm³/mol. The molecule has 0 radical (unpaired) electrons. The zero-order chi connectivity index (χ0) is 37.1. The third-order valence-electron chi connectivity index (χ3n) is 11.2. The van der Waals surface area contributed by atoms with E-state index in [1.807, 2.05) is 91.0 Å². The molecule has 264 valence electrons. The lowest BCUT2D eigenvalue weighted by Gasteiger charge is -2.31. The van der Waals surface area contributed by atoms with Crippen LogP contribution in [0.5, 0.6) is 0 Å². The van der Waals surface area contributed by atoms with Crippen LogP contribution in [0.15, 0.2) is 128 Å². The number of aromatic amines is 1. The maximum Gasteiger partial charge on any atom is 0.325 e. The summed E-state index contributed by atoms with van der Waals surface area (Å²) in [5, 5.41) is 15.2. The van der Waals surface area contributed by atoms with E-state index >= 15 is 0 Å². The van der Waals surface area contributed by atoms with Gasteiger partial charge in [-0.25, -0.2) is 0 Å². The number of fused-ring (bicyclic) bond motifs is 4. The topological polar surface area (TPSA) is 137 Å². The van der Waals surface area contributed by atoms with E-state index in [0.29, 0.717) is 27.8 Å². The van der Waals surface area contributed by atoms with Gasteiger partial charge in [0.15, 0.2) is 11.6 Å². The Labute approximate surface area is 309 Å². The molecule has 2 aliphatic heterocycles. The number of aromatic nitrogens is 1. The minimum Gasteiger partial charge on any atom is -0.480 e. The van der Waals surface area contributed by atoms with Gasteiger partial charge in [0, 0.05) is 51.8 Å². The number of carboxylic acids is 1. The number of aliphatic carboxylic acids is 1. The highest BCUT2D eigenvalue weighted by molar-refractivity contribution is 6.28. The van der Waals surface area contributed by atoms with Crippen molar-refractivity contribution in [3.05, 3.63) is 178 Å². The molecule has 6 aromatic rings. The van der Waals surface area contributed by atoms with E-state index in [-0.39, 0.29) is 35.7 Å². The van der Waals surface area contributed by atoms with E-state index in [1.54, 1.807) is 48.7 Å². The molecule has 9 rings (SSSR count). The quantitative estimate of drug-likeness (QED) is 0.119. The third kappa shape index (κ3) is 5.23. The Morgan fingerprint density at radius 3 is 2.06 bits per heavy atom. The number of carbonyl (C=O) groups is 5. The van der Waals surface area contributed by atoms with Crippen LogP contribution in [-0.4, -0.2) is 49.9 Å². The van der Waals surface area contributed by atoms with Crippen LogP contribution in [0.2, 0.25) is 0 Å². The first-order valence-corrected chi connectivity index (χ1v) is 17.8. The van der Waals surface area contributed by atoms with Crippen molar-refractivity contribution in [3.8, 4) is 0 Å². The Balaban J connectivity index is 1.08. The summed E-state index contributed by atoms with van der Waals surface area (Å²) in [7, 11) is 0. The molecule has 0 saturated carbocycles. The molecule has 0 spiro atoms. The molecular formula is C45H33N3O6. The Bertz CT molecular complexity index is 2570. The number of carboxylic acid groups (broad SMARTS) is 1. The van der Waals surface area contributed by atoms with Gasteiger partial charge in [0.2, 0.25) is 11.8 Å². The number of rotatable bonds is 8. The van der Waals surface area contributed by atoms with E-state index in [2.05, 4.69) is 10.3 Å². The van der Waals surface area contributed by atoms with Crippen LogP contribution in [0.25, 0.3) is 23.1 Å². The standard InChI is InChI=1S/C45H33N3O6/c49-40-32-11-4-5-12-33(32)41(50)35-22-28(18-21-34(35)40)25-48-42(51)37-38(43(48)52)45(44(53)54,23-30-24-46-36-13-7-6-10-31(30)36)47-39(37)29-19-16-27(17-20-29)15-14-26-8-2-1-3-9-26/h1-22,24,37-39,46-47H,23,25H2,(H,53,54). The van der Waals surface area contributed by atoms with Crippen molar-refractivity contribution in [2.45, 2.75) is 24.5 Å². The average molecular weight is 712 g/mol. The number of para-hydroxylation sites is 1. The van der Waals surface area contributed by atoms with Gasteiger partial charge in [0.1, 0.15) is 5.54 Å². The summed E-state index contributed by atoms with van der Waals surface area (Å²) in [5.74, 6) is -5.16. The molecule has 2 fully saturated rings. The lowest BCUT2D eigenvalue weighted by molar-refractivity contribution is -0.151. The van der Waals surface area contributed by atoms with Gasteiger partial charge >= 0.3 is 5.97 Å². The molecule has 3 heterocycles. The Kier molecular flexibility index (Phi) is 7.83. The summed E-state index contributed by atoms with van der Waals surface area (Å²) < 4.78 is 0. The highest BCUT2D eigenvalue weighted by Crippen LogP contribution is 2.51. The number of hydrogen-bond donors (Lipinski definition) is 3. The second kappa shape index (κ2) is 12.8. The monoisotopic (exact) mass is 711 g/mol. The number of nitrogens with one attached hydrogen (secondary N) is 2. The SMILES string of the molecule is O=C1c2ccccc2C(=O)c2cc(CN3C(=O)C4C(c5ccc(C=Cc6ccccc6)cc5)NC(Cc5c[nH]c6ccccc56)(C(=O)O)C4C3=O)ccc21. The molecule has 3 aliphatic rings. The molecule has 2 saturated heterocycles. The molecule has 9 heteroatoms. The van der Waals surface area contributed by atoms with Crippen molar-refractivity contribution >= 4 is 52.4 Å². The fraction of sp³-hybridized carbons (Fsp3) is 0.133. The van der Waals surface area contributed by atoms with Crippen molar-refractivity contribution in [1.29, 1.82) is 0 Å². The third-order valence-corrected chi connectivity index (χ3v) is 11.2. The van der Waals surface area contributed by atoms with Gasteiger partial charge in [-0.05, 0) is 46.0 Å². The van der Waals surface area contributed by atoms with Gasteiger partial charge < -0.3 is 10.1 Å². The number of H-pyrrole nitrogens is 1. The molecule has 0 bridgehead atoms. The Hall–Kier alpha value is -6.71. The summed E-state index contributed by atoms with van der Waals surface area (Å²) in [6, 6.07) is 35.6. The number of hydrogen-bond acceptors (Lipinski definition) is 6. The summed E-state index contributed by atoms with van der Waals surface area (Å²) in [4.78, 5) is 73.8. The summed E-state index contributed by atoms with van der Waals surface area (Å²) in [6.45, 7) is -0.181. The number of carbonyl (C=O) groups excluding carboxylic acids is 4. The first-order valence-electron chi connectivity index (χ1n) is 17.8. The first kappa shape index (κ1) is 33.1. The molecule has 4 unspecified atom stereocenters. The second-order valence-electron chi connectivity index (χ2n) is 14.2. The smallest absolute Gasteiger partial charge is 0.325 e. The Morgan fingerprint density at radius 1 is 0.704 bits per heavy atom. The van der Waals surface area contributed by atoms with Crippen LogP contribution in [-0.2, 0) is 27.3 Å². The molecule has 54 heavy (non-hydrogen) atoms. The molecule has 1 aliphatic carbocycles. The fourth-order valence-electron chi connectivity index (χ4n) is 8.52. The Morgan fingerprint density at radius 2 is 1.33 bits per heavy atom. The highest BCUT2D eigenvalue weighted by Gasteiger charge is 2.68. The zero-order valence-corrected chi connectivity index (χ0v) is 28.9. The van der Waals surface area contributed by atoms with Crippen LogP contribution in [0.1, 0.15) is 65.7 Å². The van der Waals surface area contributed by atoms with Gasteiger partial charge in [-0.3, -0.25) is 34.2 Å². The molecule has 9 nitrogen and oxygen atoms in total. The minimum atomic E-state index is -1.82. The van der Waals surface area contributed by atoms with Crippen molar-refractivity contribution in [1.82, 2.24) is 15.2 Å². The van der Waals surface area contributed by atoms with Gasteiger partial charge in [0.05, 0.1) is 18.4 Å². The molecule has 5 aromatic carbocycles. The maximum absolute atomic E-state index is 14.6. The van der Waals surface area contributed by atoms with Crippen LogP contribution in [0.4, 0.5) is 0 Å². The first-order chi connectivity index (χ1) is 26.2. The maximum atomic E-state index is 14.6. The highest BCUT2D eigenvalue weighted by atomic mass is 16.4. The van der Waals surface area contributed by atoms with E-state index in [4.69, 9.17) is 0 Å². The molecule has 1 aromatic heterocycles. The van der Waals surface area contributed by atoms with Crippen molar-refractivity contribution < 1.29 is 29.1 Å². The summed E-state index contributed by atoms with van der Waals surface area (Å²) >= 11 is 0. The van der Waals surface area contributed by atoms with E-state index in [0.717, 1.165) is 26.9 Å². The van der Waals surface area contributed by atoms with Crippen LogP contribution < -0.4 is 5.32 Å². The van der Waals surface area contributed by atoms with E-state index < -0.39 is 41.2 Å². The number of nitrogens with zero attached hydrogens (tertiary/aromatic N) is 1. The predicted octanol–water partition coefficient (Wildman–Crippen LogP) is 6.63. The second-order valence-corrected chi connectivity index (χ2v) is 14.2. The largest absolute Gasteiger partial charge is 0.480 e. The summed E-state index contributed by atoms with van der Waals surface area (Å²) in [6.07, 6.45) is 5.68. The summed E-state index contributed by atoms with van der Waals surface area (Å²) in [5.41, 5.74) is 3.93. The van der Waals surface area contributed by atoms with Crippen molar-refractivity contribution in [2.24, 2.45) is 11.8 Å². The fourth-order valence-corrected chi connectivity index (χ4v) is 8.52. The van der Waals surface area contributed by atoms with Gasteiger partial charge in [-0.2, -0.15) is 0 Å². The molecule has 3 N–H and O–H groups in total. The number of benzene rings is 5. The normalized spacial score (nSPS) is 21.9. The number of amides is 2. The lowest BCUT2D eigenvalue weighted by atomic mass is 9.76. The van der Waals surface area contributed by atoms with Crippen molar-refractivity contribution in [2.75, 3.05) is 0 Å². The van der Waals surface area contributed by atoms with Crippen LogP contribution in [0, 0.1) is 11.8 Å². The average Bonchev–Trinajstić information content (AvgIpc) is 3.85. The number of ketones is 2. The number of imide groups is 1. The molecular weight excluding hydrogens is 679 g/mol.